The zero-order chi connectivity index (χ0) is 13.2. The second-order valence-corrected chi connectivity index (χ2v) is 4.56. The normalized spacial score (nSPS) is 12.0. The van der Waals surface area contributed by atoms with Crippen LogP contribution in [0.1, 0.15) is 6.92 Å². The first-order valence-corrected chi connectivity index (χ1v) is 6.23. The smallest absolute Gasteiger partial charge is 0.129 e. The SMILES string of the molecule is C/C(=N/c1ccc(Cl)cc1)n1nnc2ccccc21. The first-order valence-electron chi connectivity index (χ1n) is 5.86. The van der Waals surface area contributed by atoms with Gasteiger partial charge in [0.15, 0.2) is 0 Å². The molecule has 0 aliphatic rings. The van der Waals surface area contributed by atoms with Crippen LogP contribution in [0.25, 0.3) is 11.0 Å². The Labute approximate surface area is 115 Å². The molecule has 0 saturated heterocycles. The summed E-state index contributed by atoms with van der Waals surface area (Å²) in [5.74, 6) is 0.760. The van der Waals surface area contributed by atoms with Gasteiger partial charge in [-0.05, 0) is 43.3 Å². The molecule has 4 nitrogen and oxygen atoms in total. The first-order chi connectivity index (χ1) is 9.24. The fourth-order valence-corrected chi connectivity index (χ4v) is 1.98. The number of hydrogen-bond acceptors (Lipinski definition) is 3. The van der Waals surface area contributed by atoms with Crippen molar-refractivity contribution in [1.29, 1.82) is 0 Å². The highest BCUT2D eigenvalue weighted by Crippen LogP contribution is 2.17. The molecule has 19 heavy (non-hydrogen) atoms. The number of halogens is 1. The van der Waals surface area contributed by atoms with Crippen LogP contribution in [0.5, 0.6) is 0 Å². The maximum atomic E-state index is 5.85. The van der Waals surface area contributed by atoms with Crippen molar-refractivity contribution in [3.05, 3.63) is 53.6 Å². The molecule has 1 heterocycles. The van der Waals surface area contributed by atoms with E-state index in [1.165, 1.54) is 0 Å². The lowest BCUT2D eigenvalue weighted by Crippen LogP contribution is -2.08. The number of rotatable bonds is 1. The molecule has 0 N–H and O–H groups in total. The predicted octanol–water partition coefficient (Wildman–Crippen LogP) is 3.68. The summed E-state index contributed by atoms with van der Waals surface area (Å²) < 4.78 is 1.73. The van der Waals surface area contributed by atoms with Crippen molar-refractivity contribution in [2.24, 2.45) is 4.99 Å². The molecule has 5 heteroatoms. The maximum absolute atomic E-state index is 5.85. The molecule has 0 aliphatic carbocycles. The van der Waals surface area contributed by atoms with E-state index >= 15 is 0 Å². The Hall–Kier alpha value is -2.20. The first kappa shape index (κ1) is 11.9. The summed E-state index contributed by atoms with van der Waals surface area (Å²) in [7, 11) is 0. The van der Waals surface area contributed by atoms with Crippen molar-refractivity contribution >= 4 is 34.2 Å². The summed E-state index contributed by atoms with van der Waals surface area (Å²) in [6.45, 7) is 1.90. The van der Waals surface area contributed by atoms with Crippen molar-refractivity contribution in [3.63, 3.8) is 0 Å². The third kappa shape index (κ3) is 2.35. The van der Waals surface area contributed by atoms with Gasteiger partial charge in [0.1, 0.15) is 11.4 Å². The minimum atomic E-state index is 0.697. The highest BCUT2D eigenvalue weighted by molar-refractivity contribution is 6.30. The number of benzene rings is 2. The molecule has 0 fully saturated rings. The number of nitrogens with zero attached hydrogens (tertiary/aromatic N) is 4. The van der Waals surface area contributed by atoms with Gasteiger partial charge in [0.05, 0.1) is 11.2 Å². The van der Waals surface area contributed by atoms with Crippen LogP contribution in [-0.4, -0.2) is 20.8 Å². The molecule has 3 aromatic rings. The fourth-order valence-electron chi connectivity index (χ4n) is 1.86. The molecular formula is C14H11ClN4. The Balaban J connectivity index is 2.03. The molecule has 1 aromatic heterocycles. The Bertz CT molecular complexity index is 743. The van der Waals surface area contributed by atoms with Gasteiger partial charge < -0.3 is 0 Å². The molecule has 0 saturated carbocycles. The van der Waals surface area contributed by atoms with Crippen LogP contribution in [0.3, 0.4) is 0 Å². The second kappa shape index (κ2) is 4.82. The van der Waals surface area contributed by atoms with E-state index < -0.39 is 0 Å². The van der Waals surface area contributed by atoms with Gasteiger partial charge in [-0.2, -0.15) is 4.68 Å². The summed E-state index contributed by atoms with van der Waals surface area (Å²) in [4.78, 5) is 4.51. The topological polar surface area (TPSA) is 43.1 Å². The van der Waals surface area contributed by atoms with Gasteiger partial charge >= 0.3 is 0 Å². The highest BCUT2D eigenvalue weighted by Gasteiger charge is 2.05. The van der Waals surface area contributed by atoms with Crippen LogP contribution in [0.4, 0.5) is 5.69 Å². The van der Waals surface area contributed by atoms with Gasteiger partial charge in [-0.3, -0.25) is 0 Å². The molecule has 0 atom stereocenters. The lowest BCUT2D eigenvalue weighted by molar-refractivity contribution is 0.857. The molecular weight excluding hydrogens is 260 g/mol. The van der Waals surface area contributed by atoms with Crippen LogP contribution in [0.2, 0.25) is 5.02 Å². The zero-order valence-corrected chi connectivity index (χ0v) is 11.0. The molecule has 0 radical (unpaired) electrons. The van der Waals surface area contributed by atoms with Gasteiger partial charge in [-0.25, -0.2) is 4.99 Å². The zero-order valence-electron chi connectivity index (χ0n) is 10.3. The fraction of sp³-hybridized carbons (Fsp3) is 0.0714. The van der Waals surface area contributed by atoms with E-state index in [0.717, 1.165) is 22.6 Å². The van der Waals surface area contributed by atoms with Crippen LogP contribution >= 0.6 is 11.6 Å². The van der Waals surface area contributed by atoms with E-state index in [2.05, 4.69) is 15.3 Å². The predicted molar refractivity (Wildman–Crippen MR) is 77.1 cm³/mol. The maximum Gasteiger partial charge on any atom is 0.129 e. The number of hydrogen-bond donors (Lipinski definition) is 0. The van der Waals surface area contributed by atoms with Gasteiger partial charge in [-0.1, -0.05) is 28.9 Å². The van der Waals surface area contributed by atoms with Crippen molar-refractivity contribution in [3.8, 4) is 0 Å². The van der Waals surface area contributed by atoms with E-state index in [4.69, 9.17) is 11.6 Å². The van der Waals surface area contributed by atoms with Crippen molar-refractivity contribution < 1.29 is 0 Å². The summed E-state index contributed by atoms with van der Waals surface area (Å²) in [5.41, 5.74) is 2.63. The van der Waals surface area contributed by atoms with E-state index in [1.54, 1.807) is 4.68 Å². The highest BCUT2D eigenvalue weighted by atomic mass is 35.5. The van der Waals surface area contributed by atoms with Crippen LogP contribution < -0.4 is 0 Å². The summed E-state index contributed by atoms with van der Waals surface area (Å²) >= 11 is 5.85. The lowest BCUT2D eigenvalue weighted by Gasteiger charge is -2.01. The molecule has 2 aromatic carbocycles. The quantitative estimate of drug-likeness (QED) is 0.500. The van der Waals surface area contributed by atoms with E-state index in [-0.39, 0.29) is 0 Å². The second-order valence-electron chi connectivity index (χ2n) is 4.13. The van der Waals surface area contributed by atoms with Crippen molar-refractivity contribution in [2.75, 3.05) is 0 Å². The largest absolute Gasteiger partial charge is 0.234 e. The van der Waals surface area contributed by atoms with Crippen molar-refractivity contribution in [2.45, 2.75) is 6.92 Å². The molecule has 94 valence electrons. The van der Waals surface area contributed by atoms with Gasteiger partial charge in [-0.15, -0.1) is 5.10 Å². The van der Waals surface area contributed by atoms with E-state index in [9.17, 15) is 0 Å². The minimum Gasteiger partial charge on any atom is -0.234 e. The van der Waals surface area contributed by atoms with Gasteiger partial charge in [0.25, 0.3) is 0 Å². The third-order valence-electron chi connectivity index (χ3n) is 2.78. The van der Waals surface area contributed by atoms with Gasteiger partial charge in [0, 0.05) is 5.02 Å². The van der Waals surface area contributed by atoms with Crippen LogP contribution in [0, 0.1) is 0 Å². The molecule has 0 spiro atoms. The number of aromatic nitrogens is 3. The molecule has 0 amide bonds. The number of aliphatic imine (C=N–C) groups is 1. The molecule has 0 unspecified atom stereocenters. The summed E-state index contributed by atoms with van der Waals surface area (Å²) in [6.07, 6.45) is 0. The average molecular weight is 271 g/mol. The Morgan fingerprint density at radius 2 is 1.84 bits per heavy atom. The third-order valence-corrected chi connectivity index (χ3v) is 3.03. The molecule has 3 rings (SSSR count). The monoisotopic (exact) mass is 270 g/mol. The Kier molecular flexibility index (Phi) is 3.01. The molecule has 0 bridgehead atoms. The Morgan fingerprint density at radius 3 is 2.63 bits per heavy atom. The summed E-state index contributed by atoms with van der Waals surface area (Å²) in [5, 5.41) is 8.92. The minimum absolute atomic E-state index is 0.697. The summed E-state index contributed by atoms with van der Waals surface area (Å²) in [6, 6.07) is 15.1. The van der Waals surface area contributed by atoms with Crippen molar-refractivity contribution in [1.82, 2.24) is 15.0 Å². The Morgan fingerprint density at radius 1 is 1.11 bits per heavy atom. The number of para-hydroxylation sites is 1. The molecule has 0 aliphatic heterocycles. The van der Waals surface area contributed by atoms with Crippen LogP contribution in [-0.2, 0) is 0 Å². The average Bonchev–Trinajstić information content (AvgIpc) is 2.85. The number of fused-ring (bicyclic) bond motifs is 1. The standard InChI is InChI=1S/C14H11ClN4/c1-10(16-12-8-6-11(15)7-9-12)19-14-5-3-2-4-13(14)17-18-19/h2-9H,1H3/b16-10-. The van der Waals surface area contributed by atoms with Crippen LogP contribution in [0.15, 0.2) is 53.5 Å². The van der Waals surface area contributed by atoms with Gasteiger partial charge in [0.2, 0.25) is 0 Å². The lowest BCUT2D eigenvalue weighted by atomic mass is 10.3. The van der Waals surface area contributed by atoms with E-state index in [1.807, 2.05) is 55.5 Å². The van der Waals surface area contributed by atoms with E-state index in [0.29, 0.717) is 5.02 Å².